The Labute approximate surface area is 108 Å². The molecule has 0 heterocycles. The third kappa shape index (κ3) is 3.54. The van der Waals surface area contributed by atoms with Crippen molar-refractivity contribution < 1.29 is 13.2 Å². The van der Waals surface area contributed by atoms with E-state index in [1.54, 1.807) is 12.1 Å². The molecular formula is C12H18N2O3S. The molecule has 0 aliphatic heterocycles. The smallest absolute Gasteiger partial charge is 0.268 e. The van der Waals surface area contributed by atoms with E-state index in [0.717, 1.165) is 9.87 Å². The molecular weight excluding hydrogens is 252 g/mol. The van der Waals surface area contributed by atoms with E-state index in [1.165, 1.54) is 14.1 Å². The number of nitrogens with one attached hydrogen (secondary N) is 1. The second kappa shape index (κ2) is 5.49. The molecule has 1 amide bonds. The van der Waals surface area contributed by atoms with E-state index >= 15 is 0 Å². The topological polar surface area (TPSA) is 66.5 Å². The number of carbonyl (C=O) groups excluding carboxylic acids is 1. The van der Waals surface area contributed by atoms with Crippen molar-refractivity contribution in [3.8, 4) is 0 Å². The highest BCUT2D eigenvalue weighted by atomic mass is 32.2. The lowest BCUT2D eigenvalue weighted by Crippen LogP contribution is -2.39. The van der Waals surface area contributed by atoms with Crippen molar-refractivity contribution in [2.24, 2.45) is 0 Å². The van der Waals surface area contributed by atoms with Gasteiger partial charge in [-0.3, -0.25) is 4.79 Å². The molecule has 18 heavy (non-hydrogen) atoms. The molecule has 0 aliphatic carbocycles. The first-order chi connectivity index (χ1) is 8.24. The minimum absolute atomic E-state index is 0.324. The Balaban J connectivity index is 2.86. The van der Waals surface area contributed by atoms with Crippen molar-refractivity contribution in [2.45, 2.75) is 19.8 Å². The van der Waals surface area contributed by atoms with E-state index in [9.17, 15) is 13.2 Å². The van der Waals surface area contributed by atoms with Gasteiger partial charge in [-0.2, -0.15) is 12.7 Å². The third-order valence-electron chi connectivity index (χ3n) is 2.54. The van der Waals surface area contributed by atoms with Crippen LogP contribution in [0.1, 0.15) is 35.7 Å². The second-order valence-corrected chi connectivity index (χ2v) is 6.38. The molecule has 1 N–H and O–H groups in total. The van der Waals surface area contributed by atoms with Gasteiger partial charge in [-0.1, -0.05) is 26.0 Å². The monoisotopic (exact) mass is 270 g/mol. The SMILES string of the molecule is CC(C)c1ccc(C(=O)NS(=O)(=O)N(C)C)cc1. The Morgan fingerprint density at radius 3 is 2.06 bits per heavy atom. The molecule has 1 rings (SSSR count). The highest BCUT2D eigenvalue weighted by Gasteiger charge is 2.18. The number of hydrogen-bond acceptors (Lipinski definition) is 3. The van der Waals surface area contributed by atoms with Crippen LogP contribution in [0.2, 0.25) is 0 Å². The molecule has 0 saturated heterocycles. The third-order valence-corrected chi connectivity index (χ3v) is 3.95. The minimum atomic E-state index is -3.74. The van der Waals surface area contributed by atoms with Crippen molar-refractivity contribution in [3.63, 3.8) is 0 Å². The largest absolute Gasteiger partial charge is 0.303 e. The zero-order valence-electron chi connectivity index (χ0n) is 11.0. The summed E-state index contributed by atoms with van der Waals surface area (Å²) in [6.07, 6.45) is 0. The maximum Gasteiger partial charge on any atom is 0.303 e. The van der Waals surface area contributed by atoms with Gasteiger partial charge in [-0.25, -0.2) is 4.72 Å². The molecule has 1 aromatic rings. The summed E-state index contributed by atoms with van der Waals surface area (Å²) in [7, 11) is -1.02. The Morgan fingerprint density at radius 1 is 1.17 bits per heavy atom. The summed E-state index contributed by atoms with van der Waals surface area (Å²) in [6.45, 7) is 4.09. The first-order valence-electron chi connectivity index (χ1n) is 5.58. The standard InChI is InChI=1S/C12H18N2O3S/c1-9(2)10-5-7-11(8-6-10)12(15)13-18(16,17)14(3)4/h5-9H,1-4H3,(H,13,15). The quantitative estimate of drug-likeness (QED) is 0.898. The number of carbonyl (C=O) groups is 1. The lowest BCUT2D eigenvalue weighted by Gasteiger charge is -2.12. The average molecular weight is 270 g/mol. The van der Waals surface area contributed by atoms with Gasteiger partial charge in [0.1, 0.15) is 0 Å². The lowest BCUT2D eigenvalue weighted by atomic mass is 10.0. The zero-order chi connectivity index (χ0) is 13.9. The van der Waals surface area contributed by atoms with E-state index in [-0.39, 0.29) is 0 Å². The lowest BCUT2D eigenvalue weighted by molar-refractivity contribution is 0.0979. The maximum absolute atomic E-state index is 11.7. The van der Waals surface area contributed by atoms with E-state index in [2.05, 4.69) is 0 Å². The molecule has 100 valence electrons. The van der Waals surface area contributed by atoms with E-state index in [1.807, 2.05) is 30.7 Å². The minimum Gasteiger partial charge on any atom is -0.268 e. The number of benzene rings is 1. The molecule has 0 atom stereocenters. The first-order valence-corrected chi connectivity index (χ1v) is 7.02. The Kier molecular flexibility index (Phi) is 4.48. The highest BCUT2D eigenvalue weighted by molar-refractivity contribution is 7.87. The Morgan fingerprint density at radius 2 is 1.67 bits per heavy atom. The molecule has 0 saturated carbocycles. The van der Waals surface area contributed by atoms with Crippen molar-refractivity contribution in [3.05, 3.63) is 35.4 Å². The van der Waals surface area contributed by atoms with Gasteiger partial charge in [0.25, 0.3) is 5.91 Å². The normalized spacial score (nSPS) is 11.9. The second-order valence-electron chi connectivity index (χ2n) is 4.50. The molecule has 0 spiro atoms. The Bertz CT molecular complexity index is 519. The fraction of sp³-hybridized carbons (Fsp3) is 0.417. The van der Waals surface area contributed by atoms with Crippen molar-refractivity contribution in [1.82, 2.24) is 9.03 Å². The van der Waals surface area contributed by atoms with Crippen LogP contribution in [0, 0.1) is 0 Å². The molecule has 0 aromatic heterocycles. The number of rotatable bonds is 4. The van der Waals surface area contributed by atoms with Crippen LogP contribution in [0.3, 0.4) is 0 Å². The summed E-state index contributed by atoms with van der Waals surface area (Å²) in [5.41, 5.74) is 1.42. The van der Waals surface area contributed by atoms with Crippen molar-refractivity contribution >= 4 is 16.1 Å². The first kappa shape index (κ1) is 14.7. The summed E-state index contributed by atoms with van der Waals surface area (Å²) in [4.78, 5) is 11.7. The molecule has 0 unspecified atom stereocenters. The van der Waals surface area contributed by atoms with E-state index in [4.69, 9.17) is 0 Å². The van der Waals surface area contributed by atoms with Gasteiger partial charge >= 0.3 is 10.2 Å². The summed E-state index contributed by atoms with van der Waals surface area (Å²) in [5, 5.41) is 0. The molecule has 0 radical (unpaired) electrons. The molecule has 0 bridgehead atoms. The fourth-order valence-electron chi connectivity index (χ4n) is 1.29. The predicted molar refractivity (Wildman–Crippen MR) is 70.6 cm³/mol. The van der Waals surface area contributed by atoms with Gasteiger partial charge in [0.2, 0.25) is 0 Å². The molecule has 0 fully saturated rings. The molecule has 1 aromatic carbocycles. The van der Waals surface area contributed by atoms with Gasteiger partial charge in [-0.05, 0) is 23.6 Å². The number of amides is 1. The van der Waals surface area contributed by atoms with Gasteiger partial charge in [-0.15, -0.1) is 0 Å². The van der Waals surface area contributed by atoms with Crippen LogP contribution >= 0.6 is 0 Å². The van der Waals surface area contributed by atoms with Crippen LogP contribution in [0.4, 0.5) is 0 Å². The average Bonchev–Trinajstić information content (AvgIpc) is 2.28. The van der Waals surface area contributed by atoms with Crippen molar-refractivity contribution in [1.29, 1.82) is 0 Å². The summed E-state index contributed by atoms with van der Waals surface area (Å²) in [5.74, 6) is -0.258. The Hall–Kier alpha value is -1.40. The van der Waals surface area contributed by atoms with Crippen LogP contribution in [0.25, 0.3) is 0 Å². The van der Waals surface area contributed by atoms with Gasteiger partial charge < -0.3 is 0 Å². The zero-order valence-corrected chi connectivity index (χ0v) is 11.8. The van der Waals surface area contributed by atoms with Crippen LogP contribution < -0.4 is 4.72 Å². The molecule has 6 heteroatoms. The number of nitrogens with zero attached hydrogens (tertiary/aromatic N) is 1. The van der Waals surface area contributed by atoms with Gasteiger partial charge in [0.05, 0.1) is 0 Å². The number of hydrogen-bond donors (Lipinski definition) is 1. The van der Waals surface area contributed by atoms with Crippen LogP contribution in [-0.2, 0) is 10.2 Å². The van der Waals surface area contributed by atoms with Gasteiger partial charge in [0, 0.05) is 19.7 Å². The van der Waals surface area contributed by atoms with Crippen molar-refractivity contribution in [2.75, 3.05) is 14.1 Å². The maximum atomic E-state index is 11.7. The predicted octanol–water partition coefficient (Wildman–Crippen LogP) is 1.35. The van der Waals surface area contributed by atoms with Crippen LogP contribution in [0.15, 0.2) is 24.3 Å². The molecule has 5 nitrogen and oxygen atoms in total. The summed E-state index contributed by atoms with van der Waals surface area (Å²) in [6, 6.07) is 6.88. The summed E-state index contributed by atoms with van der Waals surface area (Å²) < 4.78 is 25.9. The molecule has 0 aliphatic rings. The van der Waals surface area contributed by atoms with E-state index < -0.39 is 16.1 Å². The highest BCUT2D eigenvalue weighted by Crippen LogP contribution is 2.14. The summed E-state index contributed by atoms with van der Waals surface area (Å²) >= 11 is 0. The van der Waals surface area contributed by atoms with Gasteiger partial charge in [0.15, 0.2) is 0 Å². The fourth-order valence-corrected chi connectivity index (χ4v) is 1.82. The van der Waals surface area contributed by atoms with Crippen LogP contribution in [0.5, 0.6) is 0 Å². The van der Waals surface area contributed by atoms with Crippen LogP contribution in [-0.4, -0.2) is 32.7 Å². The van der Waals surface area contributed by atoms with E-state index in [0.29, 0.717) is 11.5 Å².